The molecule has 2 aromatic rings. The van der Waals surface area contributed by atoms with Gasteiger partial charge in [0.15, 0.2) is 6.10 Å². The Kier molecular flexibility index (Phi) is 3.67. The van der Waals surface area contributed by atoms with Crippen LogP contribution in [-0.4, -0.2) is 18.6 Å². The zero-order valence-corrected chi connectivity index (χ0v) is 11.9. The number of carbonyl (C=O) groups is 1. The first kappa shape index (κ1) is 14.0. The van der Waals surface area contributed by atoms with Crippen molar-refractivity contribution in [1.82, 2.24) is 0 Å². The fourth-order valence-corrected chi connectivity index (χ4v) is 2.56. The van der Waals surface area contributed by atoms with Crippen LogP contribution in [0.2, 0.25) is 0 Å². The molecule has 5 heteroatoms. The van der Waals surface area contributed by atoms with Gasteiger partial charge in [-0.2, -0.15) is 5.26 Å². The van der Waals surface area contributed by atoms with E-state index in [1.165, 1.54) is 0 Å². The van der Waals surface area contributed by atoms with Crippen molar-refractivity contribution in [1.29, 1.82) is 5.26 Å². The molecule has 0 spiro atoms. The first-order chi connectivity index (χ1) is 10.7. The van der Waals surface area contributed by atoms with Crippen LogP contribution in [0, 0.1) is 11.3 Å². The third kappa shape index (κ3) is 2.72. The van der Waals surface area contributed by atoms with Crippen molar-refractivity contribution in [2.75, 3.05) is 11.4 Å². The molecule has 3 rings (SSSR count). The molecule has 110 valence electrons. The molecule has 0 aromatic heterocycles. The number of benzene rings is 2. The second-order valence-corrected chi connectivity index (χ2v) is 5.17. The summed E-state index contributed by atoms with van der Waals surface area (Å²) in [6.07, 6.45) is -0.672. The van der Waals surface area contributed by atoms with Gasteiger partial charge in [-0.05, 0) is 29.8 Å². The lowest BCUT2D eigenvalue weighted by Gasteiger charge is -2.35. The van der Waals surface area contributed by atoms with Crippen LogP contribution in [0.1, 0.15) is 11.1 Å². The lowest BCUT2D eigenvalue weighted by molar-refractivity contribution is -0.124. The minimum atomic E-state index is -0.672. The normalized spacial score (nSPS) is 16.3. The van der Waals surface area contributed by atoms with Crippen molar-refractivity contribution >= 4 is 11.6 Å². The summed E-state index contributed by atoms with van der Waals surface area (Å²) < 4.78 is 5.64. The first-order valence-electron chi connectivity index (χ1n) is 6.96. The fraction of sp³-hybridized carbons (Fsp3) is 0.176. The number of fused-ring (bicyclic) bond motifs is 1. The summed E-state index contributed by atoms with van der Waals surface area (Å²) in [4.78, 5) is 13.5. The topological polar surface area (TPSA) is 79.4 Å². The van der Waals surface area contributed by atoms with Crippen molar-refractivity contribution in [3.63, 3.8) is 0 Å². The van der Waals surface area contributed by atoms with Gasteiger partial charge in [0.1, 0.15) is 5.75 Å². The molecule has 1 aliphatic rings. The van der Waals surface area contributed by atoms with E-state index in [9.17, 15) is 4.79 Å². The predicted molar refractivity (Wildman–Crippen MR) is 82.3 cm³/mol. The summed E-state index contributed by atoms with van der Waals surface area (Å²) in [7, 11) is 0. The van der Waals surface area contributed by atoms with E-state index >= 15 is 0 Å². The maximum Gasteiger partial charge on any atom is 0.260 e. The van der Waals surface area contributed by atoms with E-state index in [0.29, 0.717) is 24.4 Å². The average Bonchev–Trinajstić information content (AvgIpc) is 2.55. The van der Waals surface area contributed by atoms with Gasteiger partial charge in [0.25, 0.3) is 5.91 Å². The Balaban J connectivity index is 1.91. The maximum atomic E-state index is 11.5. The lowest BCUT2D eigenvalue weighted by atomic mass is 10.1. The molecule has 2 aromatic carbocycles. The standard InChI is InChI=1S/C17H15N3O2/c18-9-12-4-3-5-13(8-12)10-20-11-16(17(19)21)22-15-7-2-1-6-14(15)20/h1-8,16H,10-11H2,(H2,19,21). The number of nitrogens with two attached hydrogens (primary N) is 1. The quantitative estimate of drug-likeness (QED) is 0.936. The molecule has 0 radical (unpaired) electrons. The van der Waals surface area contributed by atoms with Crippen LogP contribution in [0.5, 0.6) is 5.75 Å². The van der Waals surface area contributed by atoms with Gasteiger partial charge < -0.3 is 15.4 Å². The monoisotopic (exact) mass is 293 g/mol. The second kappa shape index (κ2) is 5.78. The molecule has 0 fully saturated rings. The van der Waals surface area contributed by atoms with Crippen molar-refractivity contribution in [2.45, 2.75) is 12.6 Å². The minimum Gasteiger partial charge on any atom is -0.477 e. The van der Waals surface area contributed by atoms with Crippen molar-refractivity contribution in [3.05, 3.63) is 59.7 Å². The van der Waals surface area contributed by atoms with E-state index in [4.69, 9.17) is 15.7 Å². The third-order valence-corrected chi connectivity index (χ3v) is 3.61. The van der Waals surface area contributed by atoms with E-state index in [0.717, 1.165) is 11.3 Å². The molecule has 1 amide bonds. The molecule has 0 bridgehead atoms. The Hall–Kier alpha value is -3.00. The number of hydrogen-bond donors (Lipinski definition) is 1. The number of hydrogen-bond acceptors (Lipinski definition) is 4. The maximum absolute atomic E-state index is 11.5. The molecule has 0 saturated carbocycles. The van der Waals surface area contributed by atoms with Gasteiger partial charge in [0, 0.05) is 6.54 Å². The van der Waals surface area contributed by atoms with Crippen molar-refractivity contribution in [2.24, 2.45) is 5.73 Å². The highest BCUT2D eigenvalue weighted by atomic mass is 16.5. The number of rotatable bonds is 3. The van der Waals surface area contributed by atoms with Gasteiger partial charge in [-0.25, -0.2) is 0 Å². The molecular weight excluding hydrogens is 278 g/mol. The molecule has 5 nitrogen and oxygen atoms in total. The highest BCUT2D eigenvalue weighted by molar-refractivity contribution is 5.81. The Morgan fingerprint density at radius 2 is 2.14 bits per heavy atom. The Morgan fingerprint density at radius 3 is 2.91 bits per heavy atom. The van der Waals surface area contributed by atoms with Crippen LogP contribution in [0.3, 0.4) is 0 Å². The summed E-state index contributed by atoms with van der Waals surface area (Å²) in [5.41, 5.74) is 7.93. The van der Waals surface area contributed by atoms with Gasteiger partial charge in [0.05, 0.1) is 23.9 Å². The van der Waals surface area contributed by atoms with E-state index in [2.05, 4.69) is 6.07 Å². The third-order valence-electron chi connectivity index (χ3n) is 3.61. The summed E-state index contributed by atoms with van der Waals surface area (Å²) in [5, 5.41) is 9.00. The van der Waals surface area contributed by atoms with E-state index in [1.54, 1.807) is 6.07 Å². The second-order valence-electron chi connectivity index (χ2n) is 5.17. The van der Waals surface area contributed by atoms with E-state index < -0.39 is 12.0 Å². The molecular formula is C17H15N3O2. The van der Waals surface area contributed by atoms with E-state index in [1.807, 2.05) is 47.4 Å². The summed E-state index contributed by atoms with van der Waals surface area (Å²) in [5.74, 6) is 0.166. The zero-order valence-electron chi connectivity index (χ0n) is 11.9. The Morgan fingerprint density at radius 1 is 1.32 bits per heavy atom. The fourth-order valence-electron chi connectivity index (χ4n) is 2.56. The summed E-state index contributed by atoms with van der Waals surface area (Å²) in [6, 6.07) is 17.1. The molecule has 0 aliphatic carbocycles. The number of para-hydroxylation sites is 2. The molecule has 22 heavy (non-hydrogen) atoms. The summed E-state index contributed by atoms with van der Waals surface area (Å²) in [6.45, 7) is 0.975. The number of carbonyl (C=O) groups excluding carboxylic acids is 1. The van der Waals surface area contributed by atoms with Crippen LogP contribution in [0.15, 0.2) is 48.5 Å². The number of primary amides is 1. The molecule has 1 aliphatic heterocycles. The first-order valence-corrected chi connectivity index (χ1v) is 6.96. The van der Waals surface area contributed by atoms with Gasteiger partial charge in [-0.15, -0.1) is 0 Å². The van der Waals surface area contributed by atoms with Crippen LogP contribution in [0.4, 0.5) is 5.69 Å². The van der Waals surface area contributed by atoms with Crippen LogP contribution >= 0.6 is 0 Å². The average molecular weight is 293 g/mol. The van der Waals surface area contributed by atoms with Crippen molar-refractivity contribution < 1.29 is 9.53 Å². The van der Waals surface area contributed by atoms with Crippen molar-refractivity contribution in [3.8, 4) is 11.8 Å². The van der Waals surface area contributed by atoms with Gasteiger partial charge in [0.2, 0.25) is 0 Å². The SMILES string of the molecule is N#Cc1cccc(CN2CC(C(N)=O)Oc3ccccc32)c1. The highest BCUT2D eigenvalue weighted by Crippen LogP contribution is 2.34. The van der Waals surface area contributed by atoms with Gasteiger partial charge in [-0.3, -0.25) is 4.79 Å². The Bertz CT molecular complexity index is 752. The predicted octanol–water partition coefficient (Wildman–Crippen LogP) is 1.81. The minimum absolute atomic E-state index is 0.392. The smallest absolute Gasteiger partial charge is 0.260 e. The number of nitrogens with zero attached hydrogens (tertiary/aromatic N) is 2. The Labute approximate surface area is 128 Å². The number of amides is 1. The highest BCUT2D eigenvalue weighted by Gasteiger charge is 2.29. The zero-order chi connectivity index (χ0) is 15.5. The van der Waals surface area contributed by atoms with Crippen LogP contribution in [-0.2, 0) is 11.3 Å². The number of anilines is 1. The van der Waals surface area contributed by atoms with E-state index in [-0.39, 0.29) is 0 Å². The van der Waals surface area contributed by atoms with Crippen LogP contribution < -0.4 is 15.4 Å². The van der Waals surface area contributed by atoms with Gasteiger partial charge >= 0.3 is 0 Å². The van der Waals surface area contributed by atoms with Crippen LogP contribution in [0.25, 0.3) is 0 Å². The summed E-state index contributed by atoms with van der Waals surface area (Å²) >= 11 is 0. The molecule has 0 saturated heterocycles. The lowest BCUT2D eigenvalue weighted by Crippen LogP contribution is -2.46. The molecule has 1 heterocycles. The number of ether oxygens (including phenoxy) is 1. The molecule has 1 atom stereocenters. The molecule has 1 unspecified atom stereocenters. The largest absolute Gasteiger partial charge is 0.477 e. The number of nitriles is 1. The molecule has 2 N–H and O–H groups in total. The van der Waals surface area contributed by atoms with Gasteiger partial charge in [-0.1, -0.05) is 24.3 Å².